The van der Waals surface area contributed by atoms with Gasteiger partial charge in [0.15, 0.2) is 0 Å². The van der Waals surface area contributed by atoms with Crippen molar-refractivity contribution in [2.24, 2.45) is 0 Å². The molecule has 0 spiro atoms. The molecular formula is C15H27N5O. The molecule has 1 aromatic heterocycles. The summed E-state index contributed by atoms with van der Waals surface area (Å²) in [5.74, 6) is 0.110. The van der Waals surface area contributed by atoms with Crippen molar-refractivity contribution in [1.29, 1.82) is 0 Å². The normalized spacial score (nSPS) is 19.2. The quantitative estimate of drug-likeness (QED) is 0.825. The maximum absolute atomic E-state index is 12.1. The number of nitrogens with one attached hydrogen (secondary N) is 2. The Balaban J connectivity index is 1.73. The number of aromatic nitrogens is 2. The summed E-state index contributed by atoms with van der Waals surface area (Å²) in [6, 6.07) is 2.13. The molecule has 0 bridgehead atoms. The molecule has 6 nitrogen and oxygen atoms in total. The standard InChI is InChI=1S/C15H27N5O/c1-12(9-14-10-13(2)17-18-14)16-15(21)11-20-6-4-5-19(3)7-8-20/h10,12H,4-9,11H2,1-3H3,(H,16,21)(H,17,18). The molecule has 1 unspecified atom stereocenters. The number of carbonyl (C=O) groups is 1. The van der Waals surface area contributed by atoms with Gasteiger partial charge < -0.3 is 10.2 Å². The van der Waals surface area contributed by atoms with Crippen molar-refractivity contribution < 1.29 is 4.79 Å². The molecule has 1 saturated heterocycles. The maximum atomic E-state index is 12.1. The number of likely N-dealkylation sites (N-methyl/N-ethyl adjacent to an activating group) is 1. The number of H-pyrrole nitrogens is 1. The van der Waals surface area contributed by atoms with Crippen LogP contribution in [-0.2, 0) is 11.2 Å². The number of hydrogen-bond acceptors (Lipinski definition) is 4. The lowest BCUT2D eigenvalue weighted by Gasteiger charge is -2.21. The van der Waals surface area contributed by atoms with Gasteiger partial charge in [-0.1, -0.05) is 0 Å². The van der Waals surface area contributed by atoms with Crippen molar-refractivity contribution in [2.75, 3.05) is 39.8 Å². The maximum Gasteiger partial charge on any atom is 0.234 e. The van der Waals surface area contributed by atoms with E-state index in [1.165, 1.54) is 0 Å². The lowest BCUT2D eigenvalue weighted by molar-refractivity contribution is -0.122. The van der Waals surface area contributed by atoms with Crippen LogP contribution in [0.5, 0.6) is 0 Å². The Hall–Kier alpha value is -1.40. The number of carbonyl (C=O) groups excluding carboxylic acids is 1. The van der Waals surface area contributed by atoms with Gasteiger partial charge in [-0.2, -0.15) is 5.10 Å². The van der Waals surface area contributed by atoms with E-state index < -0.39 is 0 Å². The van der Waals surface area contributed by atoms with E-state index in [-0.39, 0.29) is 11.9 Å². The SMILES string of the molecule is Cc1cc(CC(C)NC(=O)CN2CCCN(C)CC2)n[nH]1. The number of hydrogen-bond donors (Lipinski definition) is 2. The van der Waals surface area contributed by atoms with Crippen LogP contribution in [0.3, 0.4) is 0 Å². The highest BCUT2D eigenvalue weighted by atomic mass is 16.2. The molecule has 1 aliphatic heterocycles. The molecule has 21 heavy (non-hydrogen) atoms. The second-order valence-electron chi connectivity index (χ2n) is 6.15. The Kier molecular flexibility index (Phi) is 5.76. The summed E-state index contributed by atoms with van der Waals surface area (Å²) in [6.07, 6.45) is 1.89. The Bertz CT molecular complexity index is 459. The molecule has 0 aliphatic carbocycles. The van der Waals surface area contributed by atoms with E-state index in [0.29, 0.717) is 6.54 Å². The van der Waals surface area contributed by atoms with Gasteiger partial charge in [0.05, 0.1) is 12.2 Å². The van der Waals surface area contributed by atoms with Gasteiger partial charge in [-0.05, 0) is 46.5 Å². The van der Waals surface area contributed by atoms with E-state index in [1.807, 2.05) is 19.9 Å². The molecule has 1 aromatic rings. The van der Waals surface area contributed by atoms with E-state index in [0.717, 1.165) is 50.4 Å². The monoisotopic (exact) mass is 293 g/mol. The largest absolute Gasteiger partial charge is 0.352 e. The van der Waals surface area contributed by atoms with Gasteiger partial charge in [0, 0.05) is 31.2 Å². The van der Waals surface area contributed by atoms with Crippen LogP contribution in [0.15, 0.2) is 6.07 Å². The Labute approximate surface area is 126 Å². The summed E-state index contributed by atoms with van der Waals surface area (Å²) in [4.78, 5) is 16.7. The summed E-state index contributed by atoms with van der Waals surface area (Å²) in [5.41, 5.74) is 2.05. The van der Waals surface area contributed by atoms with Gasteiger partial charge in [-0.3, -0.25) is 14.8 Å². The molecule has 2 rings (SSSR count). The minimum Gasteiger partial charge on any atom is -0.352 e. The molecule has 2 N–H and O–H groups in total. The second-order valence-corrected chi connectivity index (χ2v) is 6.15. The number of aromatic amines is 1. The Morgan fingerprint density at radius 1 is 1.43 bits per heavy atom. The molecule has 0 radical (unpaired) electrons. The average Bonchev–Trinajstić information content (AvgIpc) is 2.69. The zero-order valence-electron chi connectivity index (χ0n) is 13.4. The fourth-order valence-corrected chi connectivity index (χ4v) is 2.73. The Morgan fingerprint density at radius 3 is 2.95 bits per heavy atom. The van der Waals surface area contributed by atoms with Gasteiger partial charge in [0.25, 0.3) is 0 Å². The van der Waals surface area contributed by atoms with Gasteiger partial charge in [-0.25, -0.2) is 0 Å². The number of amides is 1. The molecule has 6 heteroatoms. The third-order valence-corrected chi connectivity index (χ3v) is 3.86. The second kappa shape index (κ2) is 7.56. The van der Waals surface area contributed by atoms with Crippen LogP contribution < -0.4 is 5.32 Å². The number of rotatable bonds is 5. The van der Waals surface area contributed by atoms with Crippen molar-refractivity contribution in [3.05, 3.63) is 17.5 Å². The van der Waals surface area contributed by atoms with E-state index in [1.54, 1.807) is 0 Å². The van der Waals surface area contributed by atoms with E-state index in [9.17, 15) is 4.79 Å². The van der Waals surface area contributed by atoms with Gasteiger partial charge in [-0.15, -0.1) is 0 Å². The van der Waals surface area contributed by atoms with Gasteiger partial charge in [0.1, 0.15) is 0 Å². The molecule has 118 valence electrons. The molecule has 1 atom stereocenters. The lowest BCUT2D eigenvalue weighted by Crippen LogP contribution is -2.42. The third-order valence-electron chi connectivity index (χ3n) is 3.86. The molecule has 0 saturated carbocycles. The zero-order valence-corrected chi connectivity index (χ0v) is 13.4. The van der Waals surface area contributed by atoms with E-state index >= 15 is 0 Å². The van der Waals surface area contributed by atoms with Crippen molar-refractivity contribution in [1.82, 2.24) is 25.3 Å². The minimum atomic E-state index is 0.106. The summed E-state index contributed by atoms with van der Waals surface area (Å²) in [7, 11) is 2.14. The molecule has 1 fully saturated rings. The van der Waals surface area contributed by atoms with Crippen LogP contribution in [-0.4, -0.2) is 71.7 Å². The van der Waals surface area contributed by atoms with Crippen LogP contribution in [0.2, 0.25) is 0 Å². The van der Waals surface area contributed by atoms with Crippen LogP contribution in [0, 0.1) is 6.92 Å². The van der Waals surface area contributed by atoms with Crippen molar-refractivity contribution in [2.45, 2.75) is 32.7 Å². The van der Waals surface area contributed by atoms with Crippen molar-refractivity contribution in [3.8, 4) is 0 Å². The molecular weight excluding hydrogens is 266 g/mol. The summed E-state index contributed by atoms with van der Waals surface area (Å²) < 4.78 is 0. The first-order valence-corrected chi connectivity index (χ1v) is 7.74. The molecule has 1 aliphatic rings. The fraction of sp³-hybridized carbons (Fsp3) is 0.733. The molecule has 1 amide bonds. The van der Waals surface area contributed by atoms with Crippen molar-refractivity contribution >= 4 is 5.91 Å². The first-order valence-electron chi connectivity index (χ1n) is 7.74. The van der Waals surface area contributed by atoms with Crippen LogP contribution in [0.25, 0.3) is 0 Å². The summed E-state index contributed by atoms with van der Waals surface area (Å²) in [6.45, 7) is 8.63. The smallest absolute Gasteiger partial charge is 0.234 e. The van der Waals surface area contributed by atoms with Crippen LogP contribution >= 0.6 is 0 Å². The topological polar surface area (TPSA) is 64.3 Å². The number of aryl methyl sites for hydroxylation is 1. The summed E-state index contributed by atoms with van der Waals surface area (Å²) in [5, 5.41) is 10.2. The zero-order chi connectivity index (χ0) is 15.2. The van der Waals surface area contributed by atoms with E-state index in [4.69, 9.17) is 0 Å². The van der Waals surface area contributed by atoms with Crippen LogP contribution in [0.1, 0.15) is 24.7 Å². The number of nitrogens with zero attached hydrogens (tertiary/aromatic N) is 3. The van der Waals surface area contributed by atoms with Gasteiger partial charge >= 0.3 is 0 Å². The first kappa shape index (κ1) is 16.0. The average molecular weight is 293 g/mol. The lowest BCUT2D eigenvalue weighted by atomic mass is 10.2. The predicted octanol–water partition coefficient (Wildman–Crippen LogP) is 0.403. The van der Waals surface area contributed by atoms with Crippen LogP contribution in [0.4, 0.5) is 0 Å². The predicted molar refractivity (Wildman–Crippen MR) is 83.2 cm³/mol. The Morgan fingerprint density at radius 2 is 2.24 bits per heavy atom. The highest BCUT2D eigenvalue weighted by molar-refractivity contribution is 5.78. The molecule has 0 aromatic carbocycles. The van der Waals surface area contributed by atoms with Gasteiger partial charge in [0.2, 0.25) is 5.91 Å². The minimum absolute atomic E-state index is 0.106. The third kappa shape index (κ3) is 5.47. The van der Waals surface area contributed by atoms with Crippen molar-refractivity contribution in [3.63, 3.8) is 0 Å². The summed E-state index contributed by atoms with van der Waals surface area (Å²) >= 11 is 0. The highest BCUT2D eigenvalue weighted by Crippen LogP contribution is 2.03. The molecule has 2 heterocycles. The first-order chi connectivity index (χ1) is 10.0. The highest BCUT2D eigenvalue weighted by Gasteiger charge is 2.16. The van der Waals surface area contributed by atoms with E-state index in [2.05, 4.69) is 32.4 Å². The fourth-order valence-electron chi connectivity index (χ4n) is 2.73.